The molecule has 152 valence electrons. The van der Waals surface area contributed by atoms with E-state index in [0.29, 0.717) is 31.6 Å². The third-order valence-electron chi connectivity index (χ3n) is 4.78. The number of hydrogen-bond acceptors (Lipinski definition) is 4. The summed E-state index contributed by atoms with van der Waals surface area (Å²) in [6.07, 6.45) is 8.69. The number of nitrogens with one attached hydrogen (secondary N) is 1. The first kappa shape index (κ1) is 22.1. The summed E-state index contributed by atoms with van der Waals surface area (Å²) in [5.41, 5.74) is 1.66. The van der Waals surface area contributed by atoms with Gasteiger partial charge in [0.25, 0.3) is 0 Å². The van der Waals surface area contributed by atoms with Gasteiger partial charge in [-0.2, -0.15) is 11.8 Å². The van der Waals surface area contributed by atoms with Crippen LogP contribution in [0.4, 0.5) is 5.69 Å². The summed E-state index contributed by atoms with van der Waals surface area (Å²) in [6.45, 7) is 2.93. The smallest absolute Gasteiger partial charge is 0.232 e. The molecule has 1 aliphatic rings. The van der Waals surface area contributed by atoms with Crippen molar-refractivity contribution in [2.45, 2.75) is 57.1 Å². The van der Waals surface area contributed by atoms with Crippen molar-refractivity contribution in [3.63, 3.8) is 0 Å². The van der Waals surface area contributed by atoms with Crippen LogP contribution in [0.25, 0.3) is 0 Å². The van der Waals surface area contributed by atoms with Crippen LogP contribution < -0.4 is 9.62 Å². The maximum Gasteiger partial charge on any atom is 0.232 e. The summed E-state index contributed by atoms with van der Waals surface area (Å²) >= 11 is 1.97. The van der Waals surface area contributed by atoms with Crippen molar-refractivity contribution in [2.75, 3.05) is 29.4 Å². The van der Waals surface area contributed by atoms with Gasteiger partial charge in [-0.3, -0.25) is 9.10 Å². The zero-order valence-electron chi connectivity index (χ0n) is 16.4. The highest BCUT2D eigenvalue weighted by atomic mass is 32.2. The first-order valence-corrected chi connectivity index (χ1v) is 12.7. The zero-order valence-corrected chi connectivity index (χ0v) is 18.1. The molecule has 2 rings (SSSR count). The number of carbonyl (C=O) groups is 1. The van der Waals surface area contributed by atoms with E-state index in [1.807, 2.05) is 36.9 Å². The number of nitrogens with zero attached hydrogens (tertiary/aromatic N) is 1. The molecule has 0 unspecified atom stereocenters. The minimum absolute atomic E-state index is 0.00284. The lowest BCUT2D eigenvalue weighted by molar-refractivity contribution is -0.121. The van der Waals surface area contributed by atoms with Crippen molar-refractivity contribution in [1.82, 2.24) is 5.32 Å². The van der Waals surface area contributed by atoms with Gasteiger partial charge in [-0.1, -0.05) is 31.4 Å². The third kappa shape index (κ3) is 8.13. The van der Waals surface area contributed by atoms with Crippen molar-refractivity contribution >= 4 is 33.4 Å². The van der Waals surface area contributed by atoms with Gasteiger partial charge < -0.3 is 5.32 Å². The SMILES string of the molecule is Cc1cccc(N(CCCC(=O)NCCSC2CCCCC2)S(C)(=O)=O)c1. The fourth-order valence-electron chi connectivity index (χ4n) is 3.39. The molecule has 0 aliphatic heterocycles. The van der Waals surface area contributed by atoms with E-state index in [1.165, 1.54) is 42.7 Å². The van der Waals surface area contributed by atoms with E-state index in [-0.39, 0.29) is 5.91 Å². The standard InChI is InChI=1S/C20H32N2O3S2/c1-17-8-6-9-18(16-17)22(27(2,24)25)14-7-12-20(23)21-13-15-26-19-10-4-3-5-11-19/h6,8-9,16,19H,3-5,7,10-15H2,1-2H3,(H,21,23). The molecule has 5 nitrogen and oxygen atoms in total. The van der Waals surface area contributed by atoms with Crippen LogP contribution in [0.3, 0.4) is 0 Å². The average molecular weight is 413 g/mol. The van der Waals surface area contributed by atoms with E-state index >= 15 is 0 Å². The normalized spacial score (nSPS) is 15.5. The molecule has 7 heteroatoms. The van der Waals surface area contributed by atoms with Gasteiger partial charge in [0, 0.05) is 30.5 Å². The zero-order chi connectivity index (χ0) is 19.7. The Hall–Kier alpha value is -1.21. The molecule has 1 N–H and O–H groups in total. The fraction of sp³-hybridized carbons (Fsp3) is 0.650. The molecule has 0 saturated heterocycles. The topological polar surface area (TPSA) is 66.5 Å². The first-order valence-electron chi connectivity index (χ1n) is 9.79. The van der Waals surface area contributed by atoms with Crippen LogP contribution in [-0.2, 0) is 14.8 Å². The number of rotatable bonds is 10. The molecule has 1 aromatic carbocycles. The van der Waals surface area contributed by atoms with Gasteiger partial charge in [0.05, 0.1) is 11.9 Å². The highest BCUT2D eigenvalue weighted by Gasteiger charge is 2.18. The summed E-state index contributed by atoms with van der Waals surface area (Å²) in [4.78, 5) is 12.0. The number of carbonyl (C=O) groups excluding carboxylic acids is 1. The molecule has 1 aliphatic carbocycles. The summed E-state index contributed by atoms with van der Waals surface area (Å²) in [6, 6.07) is 7.42. The molecule has 0 aromatic heterocycles. The van der Waals surface area contributed by atoms with E-state index < -0.39 is 10.0 Å². The number of thioether (sulfide) groups is 1. The molecule has 1 saturated carbocycles. The second kappa shape index (κ2) is 11.0. The lowest BCUT2D eigenvalue weighted by atomic mass is 10.0. The van der Waals surface area contributed by atoms with Gasteiger partial charge in [-0.15, -0.1) is 0 Å². The quantitative estimate of drug-likeness (QED) is 0.595. The second-order valence-electron chi connectivity index (χ2n) is 7.26. The third-order valence-corrected chi connectivity index (χ3v) is 7.36. The minimum atomic E-state index is -3.37. The van der Waals surface area contributed by atoms with Crippen LogP contribution in [0.1, 0.15) is 50.5 Å². The number of aryl methyl sites for hydroxylation is 1. The molecule has 27 heavy (non-hydrogen) atoms. The Morgan fingerprint density at radius 2 is 2.00 bits per heavy atom. The maximum atomic E-state index is 12.1. The number of anilines is 1. The summed E-state index contributed by atoms with van der Waals surface area (Å²) < 4.78 is 25.6. The van der Waals surface area contributed by atoms with Gasteiger partial charge >= 0.3 is 0 Å². The summed E-state index contributed by atoms with van der Waals surface area (Å²) in [7, 11) is -3.37. The van der Waals surface area contributed by atoms with Crippen molar-refractivity contribution in [2.24, 2.45) is 0 Å². The van der Waals surface area contributed by atoms with Gasteiger partial charge in [0.2, 0.25) is 15.9 Å². The van der Waals surface area contributed by atoms with Crippen molar-refractivity contribution in [3.8, 4) is 0 Å². The lowest BCUT2D eigenvalue weighted by Crippen LogP contribution is -2.32. The predicted molar refractivity (Wildman–Crippen MR) is 115 cm³/mol. The van der Waals surface area contributed by atoms with Crippen LogP contribution >= 0.6 is 11.8 Å². The van der Waals surface area contributed by atoms with Crippen LogP contribution in [0.15, 0.2) is 24.3 Å². The molecule has 0 atom stereocenters. The predicted octanol–water partition coefficient (Wildman–Crippen LogP) is 3.72. The minimum Gasteiger partial charge on any atom is -0.355 e. The summed E-state index contributed by atoms with van der Waals surface area (Å²) in [5.74, 6) is 0.951. The monoisotopic (exact) mass is 412 g/mol. The average Bonchev–Trinajstić information content (AvgIpc) is 2.62. The summed E-state index contributed by atoms with van der Waals surface area (Å²) in [5, 5.41) is 3.71. The fourth-order valence-corrected chi connectivity index (χ4v) is 5.57. The van der Waals surface area contributed by atoms with Crippen molar-refractivity contribution < 1.29 is 13.2 Å². The van der Waals surface area contributed by atoms with Crippen molar-refractivity contribution in [1.29, 1.82) is 0 Å². The van der Waals surface area contributed by atoms with E-state index in [2.05, 4.69) is 5.32 Å². The van der Waals surface area contributed by atoms with E-state index in [0.717, 1.165) is 16.6 Å². The van der Waals surface area contributed by atoms with Crippen LogP contribution in [0.2, 0.25) is 0 Å². The van der Waals surface area contributed by atoms with Crippen LogP contribution in [0.5, 0.6) is 0 Å². The van der Waals surface area contributed by atoms with E-state index in [9.17, 15) is 13.2 Å². The van der Waals surface area contributed by atoms with E-state index in [4.69, 9.17) is 0 Å². The van der Waals surface area contributed by atoms with Crippen LogP contribution in [0, 0.1) is 6.92 Å². The van der Waals surface area contributed by atoms with Gasteiger partial charge in [0.1, 0.15) is 0 Å². The molecule has 0 spiro atoms. The lowest BCUT2D eigenvalue weighted by Gasteiger charge is -2.22. The Morgan fingerprint density at radius 1 is 1.26 bits per heavy atom. The Bertz CT molecular complexity index is 701. The molecule has 1 amide bonds. The highest BCUT2D eigenvalue weighted by Crippen LogP contribution is 2.27. The largest absolute Gasteiger partial charge is 0.355 e. The Morgan fingerprint density at radius 3 is 2.67 bits per heavy atom. The molecular weight excluding hydrogens is 380 g/mol. The first-order chi connectivity index (χ1) is 12.9. The Balaban J connectivity index is 1.70. The Kier molecular flexibility index (Phi) is 8.96. The van der Waals surface area contributed by atoms with Gasteiger partial charge in [0.15, 0.2) is 0 Å². The molecule has 0 radical (unpaired) electrons. The molecule has 0 bridgehead atoms. The van der Waals surface area contributed by atoms with Gasteiger partial charge in [-0.05, 0) is 43.9 Å². The number of amides is 1. The maximum absolute atomic E-state index is 12.1. The number of benzene rings is 1. The van der Waals surface area contributed by atoms with Gasteiger partial charge in [-0.25, -0.2) is 8.42 Å². The molecular formula is C20H32N2O3S2. The second-order valence-corrected chi connectivity index (χ2v) is 10.6. The van der Waals surface area contributed by atoms with Crippen molar-refractivity contribution in [3.05, 3.63) is 29.8 Å². The molecule has 1 aromatic rings. The number of sulfonamides is 1. The highest BCUT2D eigenvalue weighted by molar-refractivity contribution is 7.99. The number of hydrogen-bond donors (Lipinski definition) is 1. The Labute approximate surface area is 168 Å². The van der Waals surface area contributed by atoms with Crippen LogP contribution in [-0.4, -0.2) is 44.7 Å². The molecule has 0 heterocycles. The van der Waals surface area contributed by atoms with E-state index in [1.54, 1.807) is 6.07 Å². The molecule has 1 fully saturated rings.